The van der Waals surface area contributed by atoms with Crippen molar-refractivity contribution in [3.05, 3.63) is 29.3 Å². The van der Waals surface area contributed by atoms with Crippen LogP contribution in [0.5, 0.6) is 0 Å². The molecule has 9 nitrogen and oxygen atoms in total. The standard InChI is InChI=1S/C16H16N4O5/c1-8(21)18-7-16(5-4-12(22)19-15(16)25)20-13(23)10-3-2-9(17)6-11(10)14(20)24/h2-3,6H,4-5,7,17H2,1H3,(H,18,21)(H,19,22,25). The highest BCUT2D eigenvalue weighted by atomic mass is 16.2. The Balaban J connectivity index is 2.07. The van der Waals surface area contributed by atoms with Gasteiger partial charge < -0.3 is 11.1 Å². The maximum Gasteiger partial charge on any atom is 0.262 e. The quantitative estimate of drug-likeness (QED) is 0.483. The Morgan fingerprint density at radius 3 is 2.56 bits per heavy atom. The third-order valence-electron chi connectivity index (χ3n) is 4.41. The number of benzene rings is 1. The SMILES string of the molecule is CC(=O)NCC1(N2C(=O)c3ccc(N)cc3C2=O)CCC(=O)NC1=O. The van der Waals surface area contributed by atoms with Gasteiger partial charge in [-0.05, 0) is 24.6 Å². The number of anilines is 1. The van der Waals surface area contributed by atoms with Crippen LogP contribution in [0.2, 0.25) is 0 Å². The van der Waals surface area contributed by atoms with E-state index in [1.165, 1.54) is 25.1 Å². The maximum atomic E-state index is 12.8. The van der Waals surface area contributed by atoms with Gasteiger partial charge in [-0.15, -0.1) is 0 Å². The number of hydrogen-bond donors (Lipinski definition) is 3. The van der Waals surface area contributed by atoms with Gasteiger partial charge in [0, 0.05) is 19.0 Å². The zero-order valence-corrected chi connectivity index (χ0v) is 13.4. The van der Waals surface area contributed by atoms with Crippen LogP contribution in [0.15, 0.2) is 18.2 Å². The molecule has 0 aromatic heterocycles. The molecule has 130 valence electrons. The van der Waals surface area contributed by atoms with Crippen LogP contribution in [0.4, 0.5) is 5.69 Å². The number of rotatable bonds is 3. The topological polar surface area (TPSA) is 139 Å². The third kappa shape index (κ3) is 2.53. The summed E-state index contributed by atoms with van der Waals surface area (Å²) in [6, 6.07) is 4.27. The molecule has 0 radical (unpaired) electrons. The van der Waals surface area contributed by atoms with Crippen molar-refractivity contribution in [2.24, 2.45) is 0 Å². The fourth-order valence-electron chi connectivity index (χ4n) is 3.12. The first-order chi connectivity index (χ1) is 11.8. The summed E-state index contributed by atoms with van der Waals surface area (Å²) in [5.74, 6) is -3.05. The molecule has 1 atom stereocenters. The van der Waals surface area contributed by atoms with Gasteiger partial charge in [-0.25, -0.2) is 0 Å². The van der Waals surface area contributed by atoms with Crippen molar-refractivity contribution >= 4 is 35.2 Å². The number of nitrogens with zero attached hydrogens (tertiary/aromatic N) is 1. The number of nitrogens with two attached hydrogens (primary N) is 1. The van der Waals surface area contributed by atoms with Gasteiger partial charge in [-0.2, -0.15) is 0 Å². The third-order valence-corrected chi connectivity index (χ3v) is 4.41. The molecular formula is C16H16N4O5. The lowest BCUT2D eigenvalue weighted by Gasteiger charge is -2.41. The molecule has 2 aliphatic rings. The van der Waals surface area contributed by atoms with Gasteiger partial charge in [0.25, 0.3) is 17.7 Å². The Bertz CT molecular complexity index is 834. The van der Waals surface area contributed by atoms with Crippen LogP contribution in [0, 0.1) is 0 Å². The summed E-state index contributed by atoms with van der Waals surface area (Å²) in [7, 11) is 0. The molecule has 1 fully saturated rings. The Hall–Kier alpha value is -3.23. The van der Waals surface area contributed by atoms with Crippen molar-refractivity contribution in [2.75, 3.05) is 12.3 Å². The lowest BCUT2D eigenvalue weighted by Crippen LogP contribution is -2.68. The second-order valence-corrected chi connectivity index (χ2v) is 6.07. The van der Waals surface area contributed by atoms with Crippen molar-refractivity contribution in [3.63, 3.8) is 0 Å². The molecule has 2 heterocycles. The van der Waals surface area contributed by atoms with Gasteiger partial charge in [-0.1, -0.05) is 0 Å². The maximum absolute atomic E-state index is 12.8. The normalized spacial score (nSPS) is 22.7. The second kappa shape index (κ2) is 5.69. The molecule has 5 amide bonds. The Morgan fingerprint density at radius 1 is 1.24 bits per heavy atom. The van der Waals surface area contributed by atoms with E-state index in [-0.39, 0.29) is 30.5 Å². The zero-order valence-electron chi connectivity index (χ0n) is 13.4. The summed E-state index contributed by atoms with van der Waals surface area (Å²) in [6.45, 7) is 0.977. The first-order valence-corrected chi connectivity index (χ1v) is 7.63. The minimum Gasteiger partial charge on any atom is -0.399 e. The largest absolute Gasteiger partial charge is 0.399 e. The zero-order chi connectivity index (χ0) is 18.4. The van der Waals surface area contributed by atoms with Crippen LogP contribution in [-0.4, -0.2) is 46.5 Å². The van der Waals surface area contributed by atoms with E-state index in [2.05, 4.69) is 10.6 Å². The number of fused-ring (bicyclic) bond motifs is 1. The lowest BCUT2D eigenvalue weighted by atomic mass is 9.86. The van der Waals surface area contributed by atoms with Crippen LogP contribution < -0.4 is 16.4 Å². The highest BCUT2D eigenvalue weighted by Crippen LogP contribution is 2.34. The van der Waals surface area contributed by atoms with Crippen LogP contribution in [-0.2, 0) is 14.4 Å². The number of carbonyl (C=O) groups is 5. The van der Waals surface area contributed by atoms with Gasteiger partial charge in [-0.3, -0.25) is 34.2 Å². The number of nitrogen functional groups attached to an aromatic ring is 1. The molecule has 3 rings (SSSR count). The molecule has 1 aromatic rings. The molecule has 0 spiro atoms. The lowest BCUT2D eigenvalue weighted by molar-refractivity contribution is -0.141. The van der Waals surface area contributed by atoms with Crippen molar-refractivity contribution in [1.29, 1.82) is 0 Å². The van der Waals surface area contributed by atoms with Gasteiger partial charge in [0.15, 0.2) is 0 Å². The van der Waals surface area contributed by atoms with E-state index in [1.807, 2.05) is 0 Å². The molecule has 4 N–H and O–H groups in total. The average molecular weight is 344 g/mol. The minimum atomic E-state index is -1.67. The summed E-state index contributed by atoms with van der Waals surface area (Å²) >= 11 is 0. The number of carbonyl (C=O) groups excluding carboxylic acids is 5. The molecule has 1 aromatic carbocycles. The molecule has 1 saturated heterocycles. The summed E-state index contributed by atoms with van der Waals surface area (Å²) in [5, 5.41) is 4.63. The predicted octanol–water partition coefficient (Wildman–Crippen LogP) is -0.824. The second-order valence-electron chi connectivity index (χ2n) is 6.07. The average Bonchev–Trinajstić information content (AvgIpc) is 2.79. The minimum absolute atomic E-state index is 0.0547. The number of piperidine rings is 1. The molecule has 0 aliphatic carbocycles. The predicted molar refractivity (Wildman–Crippen MR) is 85.2 cm³/mol. The fourth-order valence-corrected chi connectivity index (χ4v) is 3.12. The smallest absolute Gasteiger partial charge is 0.262 e. The van der Waals surface area contributed by atoms with E-state index in [9.17, 15) is 24.0 Å². The van der Waals surface area contributed by atoms with Gasteiger partial charge in [0.2, 0.25) is 11.8 Å². The first kappa shape index (κ1) is 16.6. The molecule has 1 unspecified atom stereocenters. The number of imide groups is 2. The summed E-state index contributed by atoms with van der Waals surface area (Å²) in [6.07, 6.45) is -0.125. The molecule has 9 heteroatoms. The van der Waals surface area contributed by atoms with E-state index >= 15 is 0 Å². The van der Waals surface area contributed by atoms with Crippen molar-refractivity contribution in [2.45, 2.75) is 25.3 Å². The van der Waals surface area contributed by atoms with Crippen molar-refractivity contribution in [1.82, 2.24) is 15.5 Å². The van der Waals surface area contributed by atoms with Crippen LogP contribution in [0.3, 0.4) is 0 Å². The number of nitrogens with one attached hydrogen (secondary N) is 2. The molecule has 0 saturated carbocycles. The van der Waals surface area contributed by atoms with Gasteiger partial charge in [0.1, 0.15) is 5.54 Å². The Kier molecular flexibility index (Phi) is 3.78. The summed E-state index contributed by atoms with van der Waals surface area (Å²) in [4.78, 5) is 61.8. The number of hydrogen-bond acceptors (Lipinski definition) is 6. The van der Waals surface area contributed by atoms with E-state index < -0.39 is 35.1 Å². The number of amides is 5. The van der Waals surface area contributed by atoms with E-state index in [0.29, 0.717) is 5.69 Å². The monoisotopic (exact) mass is 344 g/mol. The highest BCUT2D eigenvalue weighted by Gasteiger charge is 2.55. The van der Waals surface area contributed by atoms with Crippen molar-refractivity contribution < 1.29 is 24.0 Å². The molecule has 0 bridgehead atoms. The van der Waals surface area contributed by atoms with Crippen LogP contribution in [0.25, 0.3) is 0 Å². The first-order valence-electron chi connectivity index (χ1n) is 7.63. The summed E-state index contributed by atoms with van der Waals surface area (Å²) < 4.78 is 0. The summed E-state index contributed by atoms with van der Waals surface area (Å²) in [5.41, 5.74) is 4.54. The molecular weight excluding hydrogens is 328 g/mol. The van der Waals surface area contributed by atoms with Gasteiger partial charge in [0.05, 0.1) is 17.7 Å². The highest BCUT2D eigenvalue weighted by molar-refractivity contribution is 6.24. The van der Waals surface area contributed by atoms with Crippen LogP contribution >= 0.6 is 0 Å². The molecule has 2 aliphatic heterocycles. The van der Waals surface area contributed by atoms with Crippen LogP contribution in [0.1, 0.15) is 40.5 Å². The van der Waals surface area contributed by atoms with Crippen molar-refractivity contribution in [3.8, 4) is 0 Å². The Labute approximate surface area is 142 Å². The van der Waals surface area contributed by atoms with Gasteiger partial charge >= 0.3 is 0 Å². The molecule has 25 heavy (non-hydrogen) atoms. The van der Waals surface area contributed by atoms with E-state index in [4.69, 9.17) is 5.73 Å². The van der Waals surface area contributed by atoms with E-state index in [1.54, 1.807) is 0 Å². The fraction of sp³-hybridized carbons (Fsp3) is 0.312. The Morgan fingerprint density at radius 2 is 1.92 bits per heavy atom. The van der Waals surface area contributed by atoms with E-state index in [0.717, 1.165) is 4.90 Å².